The van der Waals surface area contributed by atoms with E-state index in [-0.39, 0.29) is 6.04 Å². The SMILES string of the molecule is Cc1ccc(NC(=O)C(=O)NCC(c2ccc(N(C)C)cc2)N2CCOCC2)cc1Cl. The maximum absolute atomic E-state index is 12.5. The fraction of sp³-hybridized carbons (Fsp3) is 0.391. The average Bonchev–Trinajstić information content (AvgIpc) is 2.77. The largest absolute Gasteiger partial charge is 0.379 e. The number of carbonyl (C=O) groups excluding carboxylic acids is 2. The lowest BCUT2D eigenvalue weighted by atomic mass is 10.0. The van der Waals surface area contributed by atoms with Gasteiger partial charge >= 0.3 is 11.8 Å². The van der Waals surface area contributed by atoms with Crippen molar-refractivity contribution < 1.29 is 14.3 Å². The number of hydrogen-bond acceptors (Lipinski definition) is 5. The van der Waals surface area contributed by atoms with E-state index in [0.29, 0.717) is 30.5 Å². The van der Waals surface area contributed by atoms with Gasteiger partial charge in [0.05, 0.1) is 19.3 Å². The Bertz CT molecular complexity index is 912. The van der Waals surface area contributed by atoms with Gasteiger partial charge in [-0.3, -0.25) is 14.5 Å². The molecule has 0 aliphatic carbocycles. The smallest absolute Gasteiger partial charge is 0.313 e. The molecule has 1 fully saturated rings. The van der Waals surface area contributed by atoms with Gasteiger partial charge in [0.15, 0.2) is 0 Å². The Kier molecular flexibility index (Phi) is 7.90. The summed E-state index contributed by atoms with van der Waals surface area (Å²) < 4.78 is 5.47. The highest BCUT2D eigenvalue weighted by Crippen LogP contribution is 2.24. The molecule has 2 N–H and O–H groups in total. The molecule has 8 heteroatoms. The molecule has 0 saturated carbocycles. The Hall–Kier alpha value is -2.61. The van der Waals surface area contributed by atoms with Gasteiger partial charge < -0.3 is 20.3 Å². The van der Waals surface area contributed by atoms with Crippen molar-refractivity contribution in [1.29, 1.82) is 0 Å². The quantitative estimate of drug-likeness (QED) is 0.670. The Morgan fingerprint density at radius 3 is 2.39 bits per heavy atom. The summed E-state index contributed by atoms with van der Waals surface area (Å²) in [6.45, 7) is 5.03. The molecule has 0 bridgehead atoms. The number of carbonyl (C=O) groups is 2. The third-order valence-corrected chi connectivity index (χ3v) is 5.78. The van der Waals surface area contributed by atoms with Crippen LogP contribution in [0.2, 0.25) is 5.02 Å². The molecule has 1 aliphatic rings. The van der Waals surface area contributed by atoms with E-state index in [1.165, 1.54) is 0 Å². The van der Waals surface area contributed by atoms with Gasteiger partial charge in [-0.05, 0) is 42.3 Å². The number of amides is 2. The third kappa shape index (κ3) is 6.19. The minimum Gasteiger partial charge on any atom is -0.379 e. The standard InChI is InChI=1S/C23H29ClN4O3/c1-16-4-7-18(14-20(16)24)26-23(30)22(29)25-15-21(28-10-12-31-13-11-28)17-5-8-19(9-6-17)27(2)3/h4-9,14,21H,10-13,15H2,1-3H3,(H,25,29)(H,26,30). The molecule has 166 valence electrons. The number of morpholine rings is 1. The molecule has 2 amide bonds. The van der Waals surface area contributed by atoms with Gasteiger partial charge in [-0.15, -0.1) is 0 Å². The van der Waals surface area contributed by atoms with Crippen molar-refractivity contribution in [2.24, 2.45) is 0 Å². The summed E-state index contributed by atoms with van der Waals surface area (Å²) >= 11 is 6.09. The first-order valence-corrected chi connectivity index (χ1v) is 10.7. The first-order chi connectivity index (χ1) is 14.8. The van der Waals surface area contributed by atoms with Gasteiger partial charge in [-0.2, -0.15) is 0 Å². The van der Waals surface area contributed by atoms with Crippen molar-refractivity contribution >= 4 is 34.8 Å². The molecular formula is C23H29ClN4O3. The van der Waals surface area contributed by atoms with E-state index in [1.54, 1.807) is 18.2 Å². The van der Waals surface area contributed by atoms with Crippen LogP contribution in [0.25, 0.3) is 0 Å². The monoisotopic (exact) mass is 444 g/mol. The molecule has 31 heavy (non-hydrogen) atoms. The predicted octanol–water partition coefficient (Wildman–Crippen LogP) is 2.84. The van der Waals surface area contributed by atoms with Gasteiger partial charge in [0, 0.05) is 50.1 Å². The second-order valence-electron chi connectivity index (χ2n) is 7.78. The first kappa shape index (κ1) is 23.1. The molecule has 1 heterocycles. The van der Waals surface area contributed by atoms with E-state index in [2.05, 4.69) is 39.8 Å². The van der Waals surface area contributed by atoms with Crippen LogP contribution in [0.15, 0.2) is 42.5 Å². The number of anilines is 2. The Morgan fingerprint density at radius 1 is 1.10 bits per heavy atom. The number of nitrogens with zero attached hydrogens (tertiary/aromatic N) is 2. The molecule has 0 spiro atoms. The predicted molar refractivity (Wildman–Crippen MR) is 124 cm³/mol. The van der Waals surface area contributed by atoms with Crippen molar-refractivity contribution in [3.05, 3.63) is 58.6 Å². The van der Waals surface area contributed by atoms with Crippen LogP contribution < -0.4 is 15.5 Å². The topological polar surface area (TPSA) is 73.9 Å². The zero-order valence-electron chi connectivity index (χ0n) is 18.2. The Labute approximate surface area is 188 Å². The van der Waals surface area contributed by atoms with Crippen molar-refractivity contribution in [3.63, 3.8) is 0 Å². The number of aryl methyl sites for hydroxylation is 1. The number of nitrogens with one attached hydrogen (secondary N) is 2. The van der Waals surface area contributed by atoms with Crippen LogP contribution in [0.4, 0.5) is 11.4 Å². The fourth-order valence-electron chi connectivity index (χ4n) is 3.47. The molecule has 1 unspecified atom stereocenters. The van der Waals surface area contributed by atoms with Crippen LogP contribution in [0.1, 0.15) is 17.2 Å². The normalized spacial score (nSPS) is 15.2. The molecule has 0 aromatic heterocycles. The van der Waals surface area contributed by atoms with Crippen molar-refractivity contribution in [3.8, 4) is 0 Å². The summed E-state index contributed by atoms with van der Waals surface area (Å²) in [5.74, 6) is -1.40. The van der Waals surface area contributed by atoms with Crippen LogP contribution in [0, 0.1) is 6.92 Å². The molecule has 2 aromatic carbocycles. The van der Waals surface area contributed by atoms with Crippen LogP contribution in [0.3, 0.4) is 0 Å². The number of ether oxygens (including phenoxy) is 1. The van der Waals surface area contributed by atoms with Crippen molar-refractivity contribution in [2.75, 3.05) is 57.2 Å². The number of rotatable bonds is 6. The van der Waals surface area contributed by atoms with Gasteiger partial charge in [-0.1, -0.05) is 29.8 Å². The molecule has 0 radical (unpaired) electrons. The maximum atomic E-state index is 12.5. The zero-order valence-corrected chi connectivity index (χ0v) is 18.9. The van der Waals surface area contributed by atoms with Gasteiger partial charge in [0.2, 0.25) is 0 Å². The number of halogens is 1. The highest BCUT2D eigenvalue weighted by Gasteiger charge is 2.24. The summed E-state index contributed by atoms with van der Waals surface area (Å²) in [4.78, 5) is 29.1. The fourth-order valence-corrected chi connectivity index (χ4v) is 3.65. The molecular weight excluding hydrogens is 416 g/mol. The summed E-state index contributed by atoms with van der Waals surface area (Å²) in [6.07, 6.45) is 0. The first-order valence-electron chi connectivity index (χ1n) is 10.3. The highest BCUT2D eigenvalue weighted by molar-refractivity contribution is 6.39. The van der Waals surface area contributed by atoms with Gasteiger partial charge in [-0.25, -0.2) is 0 Å². The second-order valence-corrected chi connectivity index (χ2v) is 8.19. The van der Waals surface area contributed by atoms with Crippen LogP contribution in [-0.4, -0.2) is 63.7 Å². The van der Waals surface area contributed by atoms with E-state index in [0.717, 1.165) is 29.9 Å². The highest BCUT2D eigenvalue weighted by atomic mass is 35.5. The van der Waals surface area contributed by atoms with E-state index in [9.17, 15) is 9.59 Å². The van der Waals surface area contributed by atoms with E-state index in [1.807, 2.05) is 25.9 Å². The molecule has 1 aliphatic heterocycles. The minimum absolute atomic E-state index is 0.0503. The Balaban J connectivity index is 1.66. The molecule has 7 nitrogen and oxygen atoms in total. The van der Waals surface area contributed by atoms with Crippen LogP contribution in [0.5, 0.6) is 0 Å². The van der Waals surface area contributed by atoms with Gasteiger partial charge in [0.1, 0.15) is 0 Å². The average molecular weight is 445 g/mol. The lowest BCUT2D eigenvalue weighted by molar-refractivity contribution is -0.136. The summed E-state index contributed by atoms with van der Waals surface area (Å²) in [5, 5.41) is 5.92. The van der Waals surface area contributed by atoms with E-state index in [4.69, 9.17) is 16.3 Å². The number of benzene rings is 2. The minimum atomic E-state index is -0.719. The van der Waals surface area contributed by atoms with E-state index < -0.39 is 11.8 Å². The Morgan fingerprint density at radius 2 is 1.77 bits per heavy atom. The zero-order chi connectivity index (χ0) is 22.4. The van der Waals surface area contributed by atoms with Crippen molar-refractivity contribution in [1.82, 2.24) is 10.2 Å². The lowest BCUT2D eigenvalue weighted by Crippen LogP contribution is -2.45. The summed E-state index contributed by atoms with van der Waals surface area (Å²) in [6, 6.07) is 13.3. The number of hydrogen-bond donors (Lipinski definition) is 2. The molecule has 2 aromatic rings. The van der Waals surface area contributed by atoms with Crippen molar-refractivity contribution in [2.45, 2.75) is 13.0 Å². The van der Waals surface area contributed by atoms with Crippen LogP contribution >= 0.6 is 11.6 Å². The summed E-state index contributed by atoms with van der Waals surface area (Å²) in [5.41, 5.74) is 3.57. The molecule has 3 rings (SSSR count). The molecule has 1 atom stereocenters. The second kappa shape index (κ2) is 10.6. The van der Waals surface area contributed by atoms with E-state index >= 15 is 0 Å². The maximum Gasteiger partial charge on any atom is 0.313 e. The third-order valence-electron chi connectivity index (χ3n) is 5.37. The lowest BCUT2D eigenvalue weighted by Gasteiger charge is -2.35. The summed E-state index contributed by atoms with van der Waals surface area (Å²) in [7, 11) is 3.99. The molecule has 1 saturated heterocycles. The van der Waals surface area contributed by atoms with Crippen LogP contribution in [-0.2, 0) is 14.3 Å². The van der Waals surface area contributed by atoms with Gasteiger partial charge in [0.25, 0.3) is 0 Å².